The Morgan fingerprint density at radius 3 is 2.65 bits per heavy atom. The lowest BCUT2D eigenvalue weighted by Gasteiger charge is -2.12. The SMILES string of the molecule is CC(C)n1nccc1NC(=O)CSc1nnc(-c2cccnc2)n1Cc1ccccc1. The van der Waals surface area contributed by atoms with Crippen molar-refractivity contribution >= 4 is 23.5 Å². The van der Waals surface area contributed by atoms with Crippen LogP contribution < -0.4 is 5.32 Å². The van der Waals surface area contributed by atoms with Crippen LogP contribution in [0.5, 0.6) is 0 Å². The number of anilines is 1. The molecule has 0 saturated heterocycles. The fourth-order valence-electron chi connectivity index (χ4n) is 3.15. The molecule has 4 rings (SSSR count). The van der Waals surface area contributed by atoms with Crippen LogP contribution in [0, 0.1) is 0 Å². The van der Waals surface area contributed by atoms with Gasteiger partial charge in [-0.15, -0.1) is 10.2 Å². The van der Waals surface area contributed by atoms with Crippen molar-refractivity contribution < 1.29 is 4.79 Å². The minimum absolute atomic E-state index is 0.121. The largest absolute Gasteiger partial charge is 0.310 e. The second-order valence-electron chi connectivity index (χ2n) is 7.21. The molecule has 0 unspecified atom stereocenters. The number of hydrogen-bond acceptors (Lipinski definition) is 6. The molecule has 1 N–H and O–H groups in total. The van der Waals surface area contributed by atoms with E-state index >= 15 is 0 Å². The number of carbonyl (C=O) groups excluding carboxylic acids is 1. The Balaban J connectivity index is 1.53. The Labute approximate surface area is 184 Å². The zero-order valence-corrected chi connectivity index (χ0v) is 18.2. The van der Waals surface area contributed by atoms with Gasteiger partial charge in [-0.25, -0.2) is 4.68 Å². The maximum Gasteiger partial charge on any atom is 0.235 e. The van der Waals surface area contributed by atoms with Crippen molar-refractivity contribution in [1.82, 2.24) is 29.5 Å². The fourth-order valence-corrected chi connectivity index (χ4v) is 3.88. The minimum Gasteiger partial charge on any atom is -0.310 e. The first-order chi connectivity index (χ1) is 15.1. The Kier molecular flexibility index (Phi) is 6.42. The maximum atomic E-state index is 12.6. The van der Waals surface area contributed by atoms with Gasteiger partial charge >= 0.3 is 0 Å². The van der Waals surface area contributed by atoms with Crippen molar-refractivity contribution in [3.63, 3.8) is 0 Å². The molecule has 0 radical (unpaired) electrons. The van der Waals surface area contributed by atoms with Crippen molar-refractivity contribution in [3.05, 3.63) is 72.7 Å². The average Bonchev–Trinajstić information content (AvgIpc) is 3.41. The number of thioether (sulfide) groups is 1. The quantitative estimate of drug-likeness (QED) is 0.424. The molecule has 1 amide bonds. The highest BCUT2D eigenvalue weighted by molar-refractivity contribution is 7.99. The highest BCUT2D eigenvalue weighted by Crippen LogP contribution is 2.25. The second-order valence-corrected chi connectivity index (χ2v) is 8.15. The number of hydrogen-bond donors (Lipinski definition) is 1. The van der Waals surface area contributed by atoms with Gasteiger partial charge in [0, 0.05) is 30.1 Å². The molecule has 0 saturated carbocycles. The minimum atomic E-state index is -0.121. The molecule has 0 aliphatic carbocycles. The van der Waals surface area contributed by atoms with Crippen LogP contribution in [0.4, 0.5) is 5.82 Å². The molecule has 3 heterocycles. The summed E-state index contributed by atoms with van der Waals surface area (Å²) in [4.78, 5) is 16.8. The van der Waals surface area contributed by atoms with Gasteiger partial charge in [-0.3, -0.25) is 14.3 Å². The van der Waals surface area contributed by atoms with E-state index in [4.69, 9.17) is 0 Å². The van der Waals surface area contributed by atoms with E-state index < -0.39 is 0 Å². The van der Waals surface area contributed by atoms with Crippen molar-refractivity contribution in [2.24, 2.45) is 0 Å². The van der Waals surface area contributed by atoms with Crippen molar-refractivity contribution in [2.45, 2.75) is 31.6 Å². The third kappa shape index (κ3) is 5.00. The van der Waals surface area contributed by atoms with Gasteiger partial charge in [0.25, 0.3) is 0 Å². The molecule has 9 heteroatoms. The molecular formula is C22H23N7OS. The molecule has 8 nitrogen and oxygen atoms in total. The number of amides is 1. The van der Waals surface area contributed by atoms with Gasteiger partial charge in [-0.2, -0.15) is 5.10 Å². The van der Waals surface area contributed by atoms with Gasteiger partial charge < -0.3 is 5.32 Å². The summed E-state index contributed by atoms with van der Waals surface area (Å²) in [6.07, 6.45) is 5.17. The summed E-state index contributed by atoms with van der Waals surface area (Å²) >= 11 is 1.35. The standard InChI is InChI=1S/C22H23N7OS/c1-16(2)29-19(10-12-24-29)25-20(30)15-31-22-27-26-21(18-9-6-11-23-13-18)28(22)14-17-7-4-3-5-8-17/h3-13,16H,14-15H2,1-2H3,(H,25,30). The predicted molar refractivity (Wildman–Crippen MR) is 121 cm³/mol. The normalized spacial score (nSPS) is 11.1. The highest BCUT2D eigenvalue weighted by Gasteiger charge is 2.17. The lowest BCUT2D eigenvalue weighted by Crippen LogP contribution is -2.18. The fraction of sp³-hybridized carbons (Fsp3) is 0.227. The average molecular weight is 434 g/mol. The van der Waals surface area contributed by atoms with E-state index in [0.29, 0.717) is 17.5 Å². The van der Waals surface area contributed by atoms with E-state index in [1.165, 1.54) is 11.8 Å². The summed E-state index contributed by atoms with van der Waals surface area (Å²) < 4.78 is 3.80. The van der Waals surface area contributed by atoms with Gasteiger partial charge in [0.15, 0.2) is 11.0 Å². The molecule has 158 valence electrons. The highest BCUT2D eigenvalue weighted by atomic mass is 32.2. The van der Waals surface area contributed by atoms with Crippen LogP contribution in [0.2, 0.25) is 0 Å². The smallest absolute Gasteiger partial charge is 0.235 e. The number of pyridine rings is 1. The molecular weight excluding hydrogens is 410 g/mol. The predicted octanol–water partition coefficient (Wildman–Crippen LogP) is 3.90. The molecule has 3 aromatic heterocycles. The maximum absolute atomic E-state index is 12.6. The van der Waals surface area contributed by atoms with Crippen molar-refractivity contribution in [2.75, 3.05) is 11.1 Å². The van der Waals surface area contributed by atoms with Crippen LogP contribution in [0.15, 0.2) is 72.3 Å². The van der Waals surface area contributed by atoms with Crippen LogP contribution in [-0.2, 0) is 11.3 Å². The lowest BCUT2D eigenvalue weighted by molar-refractivity contribution is -0.113. The number of aromatic nitrogens is 6. The second kappa shape index (κ2) is 9.57. The molecule has 1 aromatic carbocycles. The third-order valence-electron chi connectivity index (χ3n) is 4.58. The molecule has 4 aromatic rings. The number of nitrogens with zero attached hydrogens (tertiary/aromatic N) is 6. The Morgan fingerprint density at radius 1 is 1.06 bits per heavy atom. The zero-order chi connectivity index (χ0) is 21.6. The first-order valence-corrected chi connectivity index (χ1v) is 10.9. The Hall–Kier alpha value is -3.46. The first-order valence-electron chi connectivity index (χ1n) is 9.95. The van der Waals surface area contributed by atoms with Gasteiger partial charge in [0.2, 0.25) is 5.91 Å². The summed E-state index contributed by atoms with van der Waals surface area (Å²) in [5.41, 5.74) is 2.00. The molecule has 0 bridgehead atoms. The summed E-state index contributed by atoms with van der Waals surface area (Å²) in [5, 5.41) is 16.6. The van der Waals surface area contributed by atoms with E-state index in [2.05, 4.69) is 37.7 Å². The molecule has 31 heavy (non-hydrogen) atoms. The summed E-state index contributed by atoms with van der Waals surface area (Å²) in [7, 11) is 0. The summed E-state index contributed by atoms with van der Waals surface area (Å²) in [6.45, 7) is 4.63. The van der Waals surface area contributed by atoms with Gasteiger partial charge in [-0.1, -0.05) is 42.1 Å². The van der Waals surface area contributed by atoms with E-state index in [1.807, 2.05) is 48.7 Å². The number of carbonyl (C=O) groups is 1. The summed E-state index contributed by atoms with van der Waals surface area (Å²) in [6, 6.07) is 15.9. The van der Waals surface area contributed by atoms with Gasteiger partial charge in [0.1, 0.15) is 5.82 Å². The Morgan fingerprint density at radius 2 is 1.90 bits per heavy atom. The van der Waals surface area contributed by atoms with Gasteiger partial charge in [-0.05, 0) is 31.5 Å². The molecule has 0 spiro atoms. The molecule has 0 atom stereocenters. The molecule has 0 aliphatic rings. The van der Waals surface area contributed by atoms with E-state index in [-0.39, 0.29) is 17.7 Å². The van der Waals surface area contributed by atoms with Crippen LogP contribution in [0.1, 0.15) is 25.5 Å². The molecule has 0 fully saturated rings. The topological polar surface area (TPSA) is 90.5 Å². The van der Waals surface area contributed by atoms with E-state index in [9.17, 15) is 4.79 Å². The van der Waals surface area contributed by atoms with Crippen molar-refractivity contribution in [1.29, 1.82) is 0 Å². The monoisotopic (exact) mass is 433 g/mol. The van der Waals surface area contributed by atoms with Crippen LogP contribution in [0.3, 0.4) is 0 Å². The van der Waals surface area contributed by atoms with Crippen LogP contribution in [-0.4, -0.2) is 41.2 Å². The van der Waals surface area contributed by atoms with Crippen molar-refractivity contribution in [3.8, 4) is 11.4 Å². The summed E-state index contributed by atoms with van der Waals surface area (Å²) in [5.74, 6) is 1.49. The Bertz CT molecular complexity index is 1140. The number of nitrogens with one attached hydrogen (secondary N) is 1. The third-order valence-corrected chi connectivity index (χ3v) is 5.55. The van der Waals surface area contributed by atoms with Crippen LogP contribution >= 0.6 is 11.8 Å². The van der Waals surface area contributed by atoms with E-state index in [0.717, 1.165) is 17.0 Å². The first kappa shape index (κ1) is 20.8. The lowest BCUT2D eigenvalue weighted by atomic mass is 10.2. The number of benzene rings is 1. The molecule has 0 aliphatic heterocycles. The van der Waals surface area contributed by atoms with Gasteiger partial charge in [0.05, 0.1) is 18.5 Å². The van der Waals surface area contributed by atoms with Crippen LogP contribution in [0.25, 0.3) is 11.4 Å². The zero-order valence-electron chi connectivity index (χ0n) is 17.3. The van der Waals surface area contributed by atoms with E-state index in [1.54, 1.807) is 29.3 Å². The number of rotatable bonds is 8.